The van der Waals surface area contributed by atoms with Gasteiger partial charge in [0, 0.05) is 29.5 Å². The van der Waals surface area contributed by atoms with Crippen molar-refractivity contribution < 1.29 is 13.2 Å². The molecule has 5 nitrogen and oxygen atoms in total. The van der Waals surface area contributed by atoms with E-state index in [0.29, 0.717) is 25.9 Å². The average Bonchev–Trinajstić information content (AvgIpc) is 2.56. The van der Waals surface area contributed by atoms with Crippen LogP contribution in [0.2, 0.25) is 0 Å². The quantitative estimate of drug-likeness (QED) is 0.774. The molecular weight excluding hydrogens is 392 g/mol. The Bertz CT molecular complexity index is 653. The van der Waals surface area contributed by atoms with E-state index in [2.05, 4.69) is 21.2 Å². The van der Waals surface area contributed by atoms with E-state index in [1.54, 1.807) is 0 Å². The highest BCUT2D eigenvalue weighted by molar-refractivity contribution is 9.10. The van der Waals surface area contributed by atoms with E-state index in [9.17, 15) is 13.2 Å². The van der Waals surface area contributed by atoms with Crippen LogP contribution in [0.4, 0.5) is 0 Å². The number of amides is 1. The Labute approximate surface area is 153 Å². The van der Waals surface area contributed by atoms with Gasteiger partial charge in [-0.3, -0.25) is 4.79 Å². The lowest BCUT2D eigenvalue weighted by Gasteiger charge is -2.31. The number of benzene rings is 1. The summed E-state index contributed by atoms with van der Waals surface area (Å²) in [5.41, 5.74) is 0.773. The van der Waals surface area contributed by atoms with Gasteiger partial charge in [0.2, 0.25) is 15.9 Å². The lowest BCUT2D eigenvalue weighted by Crippen LogP contribution is -2.44. The molecule has 1 fully saturated rings. The molecule has 0 aromatic heterocycles. The van der Waals surface area contributed by atoms with Gasteiger partial charge < -0.3 is 5.32 Å². The van der Waals surface area contributed by atoms with Crippen molar-refractivity contribution in [1.82, 2.24) is 9.62 Å². The molecule has 0 spiro atoms. The van der Waals surface area contributed by atoms with Crippen molar-refractivity contribution in [3.63, 3.8) is 0 Å². The molecule has 0 aliphatic carbocycles. The van der Waals surface area contributed by atoms with Crippen LogP contribution in [-0.4, -0.2) is 37.8 Å². The van der Waals surface area contributed by atoms with Crippen LogP contribution in [0.5, 0.6) is 0 Å². The van der Waals surface area contributed by atoms with Gasteiger partial charge >= 0.3 is 0 Å². The van der Waals surface area contributed by atoms with E-state index in [1.807, 2.05) is 38.1 Å². The number of halogens is 1. The first-order valence-electron chi connectivity index (χ1n) is 8.34. The molecule has 1 N–H and O–H groups in total. The van der Waals surface area contributed by atoms with Crippen LogP contribution < -0.4 is 5.32 Å². The number of rotatable bonds is 6. The summed E-state index contributed by atoms with van der Waals surface area (Å²) < 4.78 is 27.6. The maximum Gasteiger partial charge on any atom is 0.223 e. The zero-order valence-electron chi connectivity index (χ0n) is 14.2. The van der Waals surface area contributed by atoms with Gasteiger partial charge in [-0.15, -0.1) is 0 Å². The van der Waals surface area contributed by atoms with Gasteiger partial charge in [0.1, 0.15) is 0 Å². The Morgan fingerprint density at radius 3 is 2.42 bits per heavy atom. The summed E-state index contributed by atoms with van der Waals surface area (Å²) >= 11 is 3.35. The standard InChI is InChI=1S/C17H25BrN2O3S/c1-3-13(2)19-17(21)15-8-10-20(11-9-15)24(22,23)12-14-4-6-16(18)7-5-14/h4-7,13,15H,3,8-12H2,1-2H3,(H,19,21). The molecule has 1 aromatic carbocycles. The third kappa shape index (κ3) is 5.29. The first-order valence-corrected chi connectivity index (χ1v) is 10.7. The fourth-order valence-electron chi connectivity index (χ4n) is 2.74. The lowest BCUT2D eigenvalue weighted by atomic mass is 9.97. The number of piperidine rings is 1. The molecule has 1 aromatic rings. The van der Waals surface area contributed by atoms with Crippen molar-refractivity contribution >= 4 is 31.9 Å². The van der Waals surface area contributed by atoms with Crippen molar-refractivity contribution in [3.05, 3.63) is 34.3 Å². The Hall–Kier alpha value is -0.920. The average molecular weight is 417 g/mol. The Balaban J connectivity index is 1.90. The SMILES string of the molecule is CCC(C)NC(=O)C1CCN(S(=O)(=O)Cc2ccc(Br)cc2)CC1. The second kappa shape index (κ2) is 8.45. The molecule has 1 amide bonds. The highest BCUT2D eigenvalue weighted by Gasteiger charge is 2.31. The predicted molar refractivity (Wildman–Crippen MR) is 99.0 cm³/mol. The van der Waals surface area contributed by atoms with Gasteiger partial charge in [0.05, 0.1) is 5.75 Å². The van der Waals surface area contributed by atoms with Crippen molar-refractivity contribution in [1.29, 1.82) is 0 Å². The number of sulfonamides is 1. The third-order valence-electron chi connectivity index (χ3n) is 4.48. The van der Waals surface area contributed by atoms with Gasteiger partial charge in [-0.25, -0.2) is 12.7 Å². The molecule has 7 heteroatoms. The topological polar surface area (TPSA) is 66.5 Å². The van der Waals surface area contributed by atoms with Crippen LogP contribution in [0.3, 0.4) is 0 Å². The second-order valence-corrected chi connectivity index (χ2v) is 9.26. The van der Waals surface area contributed by atoms with Crippen LogP contribution in [0.25, 0.3) is 0 Å². The molecule has 1 heterocycles. The van der Waals surface area contributed by atoms with Crippen molar-refractivity contribution in [3.8, 4) is 0 Å². The van der Waals surface area contributed by atoms with Gasteiger partial charge in [-0.1, -0.05) is 35.0 Å². The molecule has 1 unspecified atom stereocenters. The van der Waals surface area contributed by atoms with E-state index in [-0.39, 0.29) is 23.6 Å². The summed E-state index contributed by atoms with van der Waals surface area (Å²) in [7, 11) is -3.34. The van der Waals surface area contributed by atoms with Gasteiger partial charge in [-0.2, -0.15) is 0 Å². The van der Waals surface area contributed by atoms with Crippen LogP contribution in [0, 0.1) is 5.92 Å². The summed E-state index contributed by atoms with van der Waals surface area (Å²) in [5, 5.41) is 2.99. The van der Waals surface area contributed by atoms with Crippen LogP contribution >= 0.6 is 15.9 Å². The summed E-state index contributed by atoms with van der Waals surface area (Å²) in [6.07, 6.45) is 2.07. The highest BCUT2D eigenvalue weighted by Crippen LogP contribution is 2.22. The van der Waals surface area contributed by atoms with Gasteiger partial charge in [0.15, 0.2) is 0 Å². The summed E-state index contributed by atoms with van der Waals surface area (Å²) in [5.74, 6) is -0.0308. The van der Waals surface area contributed by atoms with Gasteiger partial charge in [-0.05, 0) is 43.9 Å². The minimum atomic E-state index is -3.34. The number of nitrogens with one attached hydrogen (secondary N) is 1. The molecule has 1 atom stereocenters. The molecule has 1 aliphatic heterocycles. The lowest BCUT2D eigenvalue weighted by molar-refractivity contribution is -0.126. The highest BCUT2D eigenvalue weighted by atomic mass is 79.9. The van der Waals surface area contributed by atoms with E-state index >= 15 is 0 Å². The van der Waals surface area contributed by atoms with E-state index < -0.39 is 10.0 Å². The molecule has 0 bridgehead atoms. The molecular formula is C17H25BrN2O3S. The Kier molecular flexibility index (Phi) is 6.83. The molecule has 24 heavy (non-hydrogen) atoms. The fourth-order valence-corrected chi connectivity index (χ4v) is 4.57. The van der Waals surface area contributed by atoms with Crippen LogP contribution in [-0.2, 0) is 20.6 Å². The zero-order valence-corrected chi connectivity index (χ0v) is 16.6. The first kappa shape index (κ1) is 19.4. The Morgan fingerprint density at radius 1 is 1.29 bits per heavy atom. The number of carbonyl (C=O) groups is 1. The number of hydrogen-bond donors (Lipinski definition) is 1. The molecule has 1 saturated heterocycles. The van der Waals surface area contributed by atoms with Crippen LogP contribution in [0.1, 0.15) is 38.7 Å². The maximum absolute atomic E-state index is 12.6. The Morgan fingerprint density at radius 2 is 1.88 bits per heavy atom. The molecule has 0 radical (unpaired) electrons. The smallest absolute Gasteiger partial charge is 0.223 e. The monoisotopic (exact) mass is 416 g/mol. The van der Waals surface area contributed by atoms with Crippen molar-refractivity contribution in [2.45, 2.75) is 44.9 Å². The molecule has 0 saturated carbocycles. The maximum atomic E-state index is 12.6. The molecule has 1 aliphatic rings. The largest absolute Gasteiger partial charge is 0.353 e. The number of hydrogen-bond acceptors (Lipinski definition) is 3. The van der Waals surface area contributed by atoms with Gasteiger partial charge in [0.25, 0.3) is 0 Å². The van der Waals surface area contributed by atoms with Crippen molar-refractivity contribution in [2.75, 3.05) is 13.1 Å². The zero-order chi connectivity index (χ0) is 17.7. The summed E-state index contributed by atoms with van der Waals surface area (Å²) in [4.78, 5) is 12.2. The first-order chi connectivity index (χ1) is 11.3. The van der Waals surface area contributed by atoms with E-state index in [1.165, 1.54) is 4.31 Å². The van der Waals surface area contributed by atoms with E-state index in [0.717, 1.165) is 16.5 Å². The minimum absolute atomic E-state index is 0.00398. The second-order valence-electron chi connectivity index (χ2n) is 6.37. The van der Waals surface area contributed by atoms with Crippen molar-refractivity contribution in [2.24, 2.45) is 5.92 Å². The molecule has 2 rings (SSSR count). The normalized spacial score (nSPS) is 18.3. The predicted octanol–water partition coefficient (Wildman–Crippen LogP) is 2.91. The number of nitrogens with zero attached hydrogens (tertiary/aromatic N) is 1. The summed E-state index contributed by atoms with van der Waals surface area (Å²) in [6, 6.07) is 7.48. The van der Waals surface area contributed by atoms with E-state index in [4.69, 9.17) is 0 Å². The fraction of sp³-hybridized carbons (Fsp3) is 0.588. The third-order valence-corrected chi connectivity index (χ3v) is 6.86. The number of carbonyl (C=O) groups excluding carboxylic acids is 1. The molecule has 134 valence electrons. The summed E-state index contributed by atoms with van der Waals surface area (Å²) in [6.45, 7) is 4.84. The van der Waals surface area contributed by atoms with Crippen LogP contribution in [0.15, 0.2) is 28.7 Å². The minimum Gasteiger partial charge on any atom is -0.353 e.